The molecule has 1 heterocycles. The lowest BCUT2D eigenvalue weighted by Crippen LogP contribution is -2.22. The van der Waals surface area contributed by atoms with E-state index in [9.17, 15) is 9.59 Å². The van der Waals surface area contributed by atoms with Crippen molar-refractivity contribution in [3.8, 4) is 0 Å². The number of amides is 1. The van der Waals surface area contributed by atoms with Crippen molar-refractivity contribution in [2.75, 3.05) is 11.9 Å². The number of nitrogens with zero attached hydrogens (tertiary/aromatic N) is 1. The van der Waals surface area contributed by atoms with E-state index in [1.807, 2.05) is 31.2 Å². The summed E-state index contributed by atoms with van der Waals surface area (Å²) in [4.78, 5) is 23.6. The van der Waals surface area contributed by atoms with Gasteiger partial charge in [-0.25, -0.2) is 4.79 Å². The smallest absolute Gasteiger partial charge is 0.355 e. The van der Waals surface area contributed by atoms with Gasteiger partial charge in [-0.15, -0.1) is 0 Å². The summed E-state index contributed by atoms with van der Waals surface area (Å²) < 4.78 is 6.65. The largest absolute Gasteiger partial charge is 0.451 e. The molecule has 0 radical (unpaired) electrons. The minimum Gasteiger partial charge on any atom is -0.451 e. The van der Waals surface area contributed by atoms with Crippen LogP contribution in [0.2, 0.25) is 0 Å². The summed E-state index contributed by atoms with van der Waals surface area (Å²) in [6.07, 6.45) is 2.56. The van der Waals surface area contributed by atoms with Crippen molar-refractivity contribution in [2.24, 2.45) is 7.05 Å². The summed E-state index contributed by atoms with van der Waals surface area (Å²) in [7, 11) is 1.74. The van der Waals surface area contributed by atoms with E-state index >= 15 is 0 Å². The van der Waals surface area contributed by atoms with Crippen LogP contribution in [0.25, 0.3) is 0 Å². The van der Waals surface area contributed by atoms with E-state index in [0.29, 0.717) is 5.69 Å². The van der Waals surface area contributed by atoms with Crippen molar-refractivity contribution in [2.45, 2.75) is 13.3 Å². The first-order chi connectivity index (χ1) is 10.1. The molecule has 0 saturated heterocycles. The number of carbonyl (C=O) groups excluding carboxylic acids is 2. The second-order valence-electron chi connectivity index (χ2n) is 4.64. The lowest BCUT2D eigenvalue weighted by atomic mass is 10.1. The molecule has 0 aliphatic heterocycles. The molecule has 1 N–H and O–H groups in total. The fourth-order valence-electron chi connectivity index (χ4n) is 2.02. The monoisotopic (exact) mass is 286 g/mol. The van der Waals surface area contributed by atoms with Gasteiger partial charge in [0.1, 0.15) is 5.69 Å². The summed E-state index contributed by atoms with van der Waals surface area (Å²) in [5.41, 5.74) is 2.20. The maximum atomic E-state index is 11.8. The topological polar surface area (TPSA) is 60.3 Å². The second kappa shape index (κ2) is 6.74. The van der Waals surface area contributed by atoms with Gasteiger partial charge in [-0.3, -0.25) is 4.79 Å². The highest BCUT2D eigenvalue weighted by Crippen LogP contribution is 2.15. The van der Waals surface area contributed by atoms with Gasteiger partial charge >= 0.3 is 5.97 Å². The quantitative estimate of drug-likeness (QED) is 0.858. The summed E-state index contributed by atoms with van der Waals surface area (Å²) in [6.45, 7) is 1.71. The first kappa shape index (κ1) is 14.8. The molecule has 0 saturated carbocycles. The molecule has 1 aromatic heterocycles. The Hall–Kier alpha value is -2.56. The molecule has 5 nitrogen and oxygen atoms in total. The molecule has 2 aromatic rings. The fraction of sp³-hybridized carbons (Fsp3) is 0.250. The Morgan fingerprint density at radius 1 is 1.19 bits per heavy atom. The van der Waals surface area contributed by atoms with Gasteiger partial charge in [-0.2, -0.15) is 0 Å². The van der Waals surface area contributed by atoms with Crippen molar-refractivity contribution < 1.29 is 14.3 Å². The highest BCUT2D eigenvalue weighted by atomic mass is 16.5. The number of ether oxygens (including phenoxy) is 1. The zero-order valence-electron chi connectivity index (χ0n) is 12.1. The summed E-state index contributed by atoms with van der Waals surface area (Å²) >= 11 is 0. The SMILES string of the molecule is CCc1ccccc1NC(=O)COC(=O)c1cccn1C. The minimum absolute atomic E-state index is 0.304. The molecule has 0 aliphatic carbocycles. The maximum absolute atomic E-state index is 11.8. The normalized spacial score (nSPS) is 10.2. The molecule has 0 atom stereocenters. The molecule has 5 heteroatoms. The van der Waals surface area contributed by atoms with Crippen LogP contribution in [-0.2, 0) is 23.0 Å². The predicted octanol–water partition coefficient (Wildman–Crippen LogP) is 2.38. The molecule has 0 bridgehead atoms. The summed E-state index contributed by atoms with van der Waals surface area (Å²) in [6, 6.07) is 10.9. The first-order valence-electron chi connectivity index (χ1n) is 6.78. The molecule has 0 aliphatic rings. The van der Waals surface area contributed by atoms with E-state index in [-0.39, 0.29) is 12.5 Å². The van der Waals surface area contributed by atoms with E-state index in [4.69, 9.17) is 4.74 Å². The van der Waals surface area contributed by atoms with Crippen LogP contribution < -0.4 is 5.32 Å². The lowest BCUT2D eigenvalue weighted by Gasteiger charge is -2.10. The Balaban J connectivity index is 1.91. The van der Waals surface area contributed by atoms with E-state index in [1.54, 1.807) is 29.9 Å². The molecule has 0 spiro atoms. The molecule has 0 unspecified atom stereocenters. The Kier molecular flexibility index (Phi) is 4.77. The average Bonchev–Trinajstić information content (AvgIpc) is 2.91. The van der Waals surface area contributed by atoms with Crippen LogP contribution >= 0.6 is 0 Å². The van der Waals surface area contributed by atoms with Crippen molar-refractivity contribution in [1.82, 2.24) is 4.57 Å². The Morgan fingerprint density at radius 3 is 2.62 bits per heavy atom. The molecule has 1 aromatic carbocycles. The zero-order chi connectivity index (χ0) is 15.2. The number of para-hydroxylation sites is 1. The average molecular weight is 286 g/mol. The van der Waals surface area contributed by atoms with E-state index in [0.717, 1.165) is 17.7 Å². The van der Waals surface area contributed by atoms with E-state index in [2.05, 4.69) is 5.32 Å². The van der Waals surface area contributed by atoms with E-state index in [1.165, 1.54) is 0 Å². The van der Waals surface area contributed by atoms with Crippen molar-refractivity contribution in [1.29, 1.82) is 0 Å². The zero-order valence-corrected chi connectivity index (χ0v) is 12.1. The maximum Gasteiger partial charge on any atom is 0.355 e. The van der Waals surface area contributed by atoms with Crippen LogP contribution in [0.1, 0.15) is 23.0 Å². The number of hydrogen-bond donors (Lipinski definition) is 1. The molecule has 0 fully saturated rings. The Bertz CT molecular complexity index is 646. The lowest BCUT2D eigenvalue weighted by molar-refractivity contribution is -0.119. The highest BCUT2D eigenvalue weighted by Gasteiger charge is 2.13. The van der Waals surface area contributed by atoms with Gasteiger partial charge < -0.3 is 14.6 Å². The van der Waals surface area contributed by atoms with Gasteiger partial charge in [0, 0.05) is 18.9 Å². The van der Waals surface area contributed by atoms with Crippen LogP contribution in [-0.4, -0.2) is 23.1 Å². The van der Waals surface area contributed by atoms with Gasteiger partial charge in [0.2, 0.25) is 0 Å². The number of aryl methyl sites for hydroxylation is 2. The van der Waals surface area contributed by atoms with Crippen molar-refractivity contribution >= 4 is 17.6 Å². The number of carbonyl (C=O) groups is 2. The third-order valence-electron chi connectivity index (χ3n) is 3.16. The van der Waals surface area contributed by atoms with Crippen LogP contribution in [0.4, 0.5) is 5.69 Å². The third-order valence-corrected chi connectivity index (χ3v) is 3.16. The van der Waals surface area contributed by atoms with Crippen molar-refractivity contribution in [3.63, 3.8) is 0 Å². The van der Waals surface area contributed by atoms with Crippen LogP contribution in [0.3, 0.4) is 0 Å². The predicted molar refractivity (Wildman–Crippen MR) is 80.1 cm³/mol. The highest BCUT2D eigenvalue weighted by molar-refractivity contribution is 5.95. The molecule has 21 heavy (non-hydrogen) atoms. The number of rotatable bonds is 5. The minimum atomic E-state index is -0.513. The molecular weight excluding hydrogens is 268 g/mol. The number of hydrogen-bond acceptors (Lipinski definition) is 3. The van der Waals surface area contributed by atoms with Crippen LogP contribution in [0.5, 0.6) is 0 Å². The molecule has 110 valence electrons. The van der Waals surface area contributed by atoms with Gasteiger partial charge in [0.05, 0.1) is 0 Å². The molecule has 1 amide bonds. The van der Waals surface area contributed by atoms with Crippen LogP contribution in [0, 0.1) is 0 Å². The number of benzene rings is 1. The van der Waals surface area contributed by atoms with Crippen molar-refractivity contribution in [3.05, 3.63) is 53.9 Å². The van der Waals surface area contributed by atoms with Gasteiger partial charge in [-0.05, 0) is 30.2 Å². The molecular formula is C16H18N2O3. The Morgan fingerprint density at radius 2 is 1.95 bits per heavy atom. The standard InChI is InChI=1S/C16H18N2O3/c1-3-12-7-4-5-8-13(12)17-15(19)11-21-16(20)14-9-6-10-18(14)2/h4-10H,3,11H2,1-2H3,(H,17,19). The fourth-order valence-corrected chi connectivity index (χ4v) is 2.02. The summed E-state index contributed by atoms with van der Waals surface area (Å²) in [5, 5.41) is 2.75. The first-order valence-corrected chi connectivity index (χ1v) is 6.78. The van der Waals surface area contributed by atoms with E-state index < -0.39 is 5.97 Å². The van der Waals surface area contributed by atoms with Gasteiger partial charge in [0.15, 0.2) is 6.61 Å². The number of anilines is 1. The number of nitrogens with one attached hydrogen (secondary N) is 1. The van der Waals surface area contributed by atoms with Gasteiger partial charge in [0.25, 0.3) is 5.91 Å². The number of esters is 1. The Labute approximate surface area is 123 Å². The number of aromatic nitrogens is 1. The third kappa shape index (κ3) is 3.72. The second-order valence-corrected chi connectivity index (χ2v) is 4.64. The summed E-state index contributed by atoms with van der Waals surface area (Å²) in [5.74, 6) is -0.861. The molecule has 2 rings (SSSR count). The van der Waals surface area contributed by atoms with Gasteiger partial charge in [-0.1, -0.05) is 25.1 Å². The van der Waals surface area contributed by atoms with Crippen LogP contribution in [0.15, 0.2) is 42.6 Å².